The molecule has 35 heavy (non-hydrogen) atoms. The van der Waals surface area contributed by atoms with Gasteiger partial charge in [0.05, 0.1) is 19.0 Å². The van der Waals surface area contributed by atoms with Crippen molar-refractivity contribution in [3.8, 4) is 28.5 Å². The number of rotatable bonds is 13. The maximum Gasteiger partial charge on any atom is 0.387 e. The Morgan fingerprint density at radius 1 is 1.20 bits per heavy atom. The van der Waals surface area contributed by atoms with Crippen LogP contribution in [0.2, 0.25) is 0 Å². The normalized spacial score (nSPS) is 13.6. The summed E-state index contributed by atoms with van der Waals surface area (Å²) in [5.41, 5.74) is 1.89. The number of imidazole rings is 1. The van der Waals surface area contributed by atoms with Gasteiger partial charge in [0.1, 0.15) is 35.1 Å². The molecule has 188 valence electrons. The molecule has 0 atom stereocenters. The molecule has 9 heteroatoms. The molecule has 0 radical (unpaired) electrons. The highest BCUT2D eigenvalue weighted by Gasteiger charge is 2.29. The minimum atomic E-state index is -3.07. The number of Topliss-reactive ketones (excluding diaryl/α,β-unsaturated/α-hetero) is 1. The number of fused-ring (bicyclic) bond motifs is 1. The molecule has 4 rings (SSSR count). The second-order valence-electron chi connectivity index (χ2n) is 8.61. The Morgan fingerprint density at radius 3 is 2.60 bits per heavy atom. The largest absolute Gasteiger partial charge is 0.496 e. The Kier molecular flexibility index (Phi) is 7.85. The van der Waals surface area contributed by atoms with Crippen LogP contribution in [-0.2, 0) is 0 Å². The number of ketones is 1. The van der Waals surface area contributed by atoms with Gasteiger partial charge in [0.15, 0.2) is 5.78 Å². The van der Waals surface area contributed by atoms with Gasteiger partial charge in [-0.3, -0.25) is 9.20 Å². The summed E-state index contributed by atoms with van der Waals surface area (Å²) < 4.78 is 44.4. The fraction of sp³-hybridized carbons (Fsp3) is 0.462. The molecular formula is C26H31F2N3O4. The number of likely N-dealkylation sites (N-methyl/N-ethyl adjacent to an activating group) is 1. The second kappa shape index (κ2) is 11.0. The number of methoxy groups -OCH3 is 1. The Hall–Kier alpha value is -3.20. The first-order valence-electron chi connectivity index (χ1n) is 12.0. The Morgan fingerprint density at radius 2 is 1.94 bits per heavy atom. The molecule has 2 aromatic heterocycles. The number of carbonyl (C=O) groups excluding carboxylic acids is 1. The number of pyridine rings is 1. The zero-order chi connectivity index (χ0) is 24.9. The number of hydrogen-bond donors (Lipinski definition) is 0. The van der Waals surface area contributed by atoms with Crippen LogP contribution in [0.25, 0.3) is 16.9 Å². The zero-order valence-corrected chi connectivity index (χ0v) is 20.3. The van der Waals surface area contributed by atoms with Crippen molar-refractivity contribution in [1.29, 1.82) is 0 Å². The molecule has 1 aliphatic carbocycles. The second-order valence-corrected chi connectivity index (χ2v) is 8.61. The lowest BCUT2D eigenvalue weighted by atomic mass is 10.00. The lowest BCUT2D eigenvalue weighted by molar-refractivity contribution is -0.0502. The van der Waals surface area contributed by atoms with Crippen LogP contribution in [0, 0.1) is 5.92 Å². The van der Waals surface area contributed by atoms with E-state index in [1.165, 1.54) is 13.2 Å². The van der Waals surface area contributed by atoms with Crippen molar-refractivity contribution in [2.24, 2.45) is 5.92 Å². The first-order valence-corrected chi connectivity index (χ1v) is 12.0. The number of aromatic nitrogens is 2. The maximum absolute atomic E-state index is 13.2. The van der Waals surface area contributed by atoms with E-state index in [1.54, 1.807) is 12.3 Å². The quantitative estimate of drug-likeness (QED) is 0.304. The molecule has 1 aromatic carbocycles. The van der Waals surface area contributed by atoms with Crippen molar-refractivity contribution in [3.63, 3.8) is 0 Å². The smallest absolute Gasteiger partial charge is 0.387 e. The number of nitrogens with zero attached hydrogens (tertiary/aromatic N) is 3. The molecule has 0 bridgehead atoms. The van der Waals surface area contributed by atoms with Crippen molar-refractivity contribution in [2.45, 2.75) is 39.7 Å². The van der Waals surface area contributed by atoms with Gasteiger partial charge < -0.3 is 19.1 Å². The number of hydrogen-bond acceptors (Lipinski definition) is 6. The third kappa shape index (κ3) is 5.90. The molecule has 0 spiro atoms. The topological polar surface area (TPSA) is 65.3 Å². The molecule has 0 N–H and O–H groups in total. The lowest BCUT2D eigenvalue weighted by Crippen LogP contribution is -2.27. The number of alkyl halides is 2. The van der Waals surface area contributed by atoms with E-state index in [-0.39, 0.29) is 22.8 Å². The summed E-state index contributed by atoms with van der Waals surface area (Å²) in [6.45, 7) is 4.49. The molecule has 0 aliphatic heterocycles. The SMILES string of the molecule is CCN(CC)CCOc1ccn2c(-c3cc(OC)c(C(=O)CC4CC4)c(OC(F)F)c3)cnc2c1. The molecule has 1 saturated carbocycles. The Bertz CT molecular complexity index is 1170. The number of carbonyl (C=O) groups is 1. The van der Waals surface area contributed by atoms with E-state index in [9.17, 15) is 13.6 Å². The van der Waals surface area contributed by atoms with Gasteiger partial charge in [-0.25, -0.2) is 4.98 Å². The van der Waals surface area contributed by atoms with Crippen LogP contribution in [0.5, 0.6) is 17.2 Å². The Balaban J connectivity index is 1.63. The van der Waals surface area contributed by atoms with Crippen LogP contribution in [0.15, 0.2) is 36.7 Å². The van der Waals surface area contributed by atoms with Crippen LogP contribution < -0.4 is 14.2 Å². The first-order chi connectivity index (χ1) is 16.9. The van der Waals surface area contributed by atoms with Crippen molar-refractivity contribution in [3.05, 3.63) is 42.2 Å². The summed E-state index contributed by atoms with van der Waals surface area (Å²) in [5.74, 6) is 0.758. The molecule has 2 heterocycles. The highest BCUT2D eigenvalue weighted by Crippen LogP contribution is 2.40. The van der Waals surface area contributed by atoms with E-state index in [4.69, 9.17) is 14.2 Å². The van der Waals surface area contributed by atoms with Crippen molar-refractivity contribution in [2.75, 3.05) is 33.4 Å². The lowest BCUT2D eigenvalue weighted by Gasteiger charge is -2.18. The fourth-order valence-corrected chi connectivity index (χ4v) is 4.15. The number of halogens is 2. The van der Waals surface area contributed by atoms with Gasteiger partial charge in [-0.05, 0) is 50.0 Å². The molecule has 7 nitrogen and oxygen atoms in total. The van der Waals surface area contributed by atoms with Gasteiger partial charge in [0, 0.05) is 30.8 Å². The summed E-state index contributed by atoms with van der Waals surface area (Å²) >= 11 is 0. The van der Waals surface area contributed by atoms with E-state index >= 15 is 0 Å². The number of ether oxygens (including phenoxy) is 3. The monoisotopic (exact) mass is 487 g/mol. The van der Waals surface area contributed by atoms with E-state index in [2.05, 4.69) is 23.7 Å². The third-order valence-corrected chi connectivity index (χ3v) is 6.30. The number of benzene rings is 1. The molecule has 3 aromatic rings. The van der Waals surface area contributed by atoms with E-state index in [1.807, 2.05) is 22.7 Å². The van der Waals surface area contributed by atoms with Crippen LogP contribution in [-0.4, -0.2) is 60.0 Å². The maximum atomic E-state index is 13.2. The summed E-state index contributed by atoms with van der Waals surface area (Å²) in [5, 5.41) is 0. The minimum Gasteiger partial charge on any atom is -0.496 e. The zero-order valence-electron chi connectivity index (χ0n) is 20.3. The average Bonchev–Trinajstić information content (AvgIpc) is 3.56. The molecule has 0 saturated heterocycles. The first kappa shape index (κ1) is 24.9. The standard InChI is InChI=1S/C26H31F2N3O4/c1-4-30(5-2)10-11-34-19-8-9-31-20(16-29-24(31)15-19)18-13-22(33-3)25(21(32)12-17-6-7-17)23(14-18)35-26(27)28/h8-9,13-17,26H,4-7,10-12H2,1-3H3. The van der Waals surface area contributed by atoms with Gasteiger partial charge in [-0.15, -0.1) is 0 Å². The van der Waals surface area contributed by atoms with Crippen LogP contribution >= 0.6 is 0 Å². The predicted molar refractivity (Wildman–Crippen MR) is 129 cm³/mol. The molecule has 0 amide bonds. The van der Waals surface area contributed by atoms with Gasteiger partial charge in [0.25, 0.3) is 0 Å². The van der Waals surface area contributed by atoms with Gasteiger partial charge in [-0.2, -0.15) is 8.78 Å². The molecule has 1 aliphatic rings. The minimum absolute atomic E-state index is 0.0566. The highest BCUT2D eigenvalue weighted by atomic mass is 19.3. The van der Waals surface area contributed by atoms with E-state index in [0.717, 1.165) is 32.5 Å². The van der Waals surface area contributed by atoms with Gasteiger partial charge >= 0.3 is 6.61 Å². The molecule has 0 unspecified atom stereocenters. The van der Waals surface area contributed by atoms with E-state index < -0.39 is 6.61 Å². The van der Waals surface area contributed by atoms with Crippen molar-refractivity contribution < 1.29 is 27.8 Å². The van der Waals surface area contributed by atoms with Crippen molar-refractivity contribution >= 4 is 11.4 Å². The average molecular weight is 488 g/mol. The van der Waals surface area contributed by atoms with Crippen LogP contribution in [0.3, 0.4) is 0 Å². The highest BCUT2D eigenvalue weighted by molar-refractivity contribution is 6.02. The summed E-state index contributed by atoms with van der Waals surface area (Å²) in [6.07, 6.45) is 5.70. The molecule has 1 fully saturated rings. The van der Waals surface area contributed by atoms with E-state index in [0.29, 0.717) is 41.6 Å². The third-order valence-electron chi connectivity index (χ3n) is 6.30. The summed E-state index contributed by atoms with van der Waals surface area (Å²) in [6, 6.07) is 6.78. The van der Waals surface area contributed by atoms with Crippen LogP contribution in [0.4, 0.5) is 8.78 Å². The van der Waals surface area contributed by atoms with Gasteiger partial charge in [-0.1, -0.05) is 13.8 Å². The summed E-state index contributed by atoms with van der Waals surface area (Å²) in [7, 11) is 1.41. The van der Waals surface area contributed by atoms with Gasteiger partial charge in [0.2, 0.25) is 0 Å². The fourth-order valence-electron chi connectivity index (χ4n) is 4.15. The Labute approximate surface area is 203 Å². The summed E-state index contributed by atoms with van der Waals surface area (Å²) in [4.78, 5) is 19.6. The van der Waals surface area contributed by atoms with Crippen molar-refractivity contribution in [1.82, 2.24) is 14.3 Å². The van der Waals surface area contributed by atoms with Crippen LogP contribution in [0.1, 0.15) is 43.5 Å². The molecular weight excluding hydrogens is 456 g/mol. The predicted octanol–water partition coefficient (Wildman–Crippen LogP) is 5.31.